The van der Waals surface area contributed by atoms with Crippen LogP contribution in [0.2, 0.25) is 5.02 Å². The van der Waals surface area contributed by atoms with Crippen molar-refractivity contribution in [1.29, 1.82) is 0 Å². The van der Waals surface area contributed by atoms with E-state index < -0.39 is 0 Å². The molecule has 1 amide bonds. The van der Waals surface area contributed by atoms with Crippen LogP contribution in [0, 0.1) is 6.92 Å². The third kappa shape index (κ3) is 4.10. The number of amides is 1. The van der Waals surface area contributed by atoms with Crippen molar-refractivity contribution >= 4 is 23.2 Å². The van der Waals surface area contributed by atoms with Crippen molar-refractivity contribution in [3.8, 4) is 0 Å². The lowest BCUT2D eigenvalue weighted by Crippen LogP contribution is -2.12. The quantitative estimate of drug-likeness (QED) is 0.855. The molecule has 0 aliphatic heterocycles. The van der Waals surface area contributed by atoms with Gasteiger partial charge in [0.2, 0.25) is 5.91 Å². The fraction of sp³-hybridized carbons (Fsp3) is 0.235. The minimum absolute atomic E-state index is 0.0336. The summed E-state index contributed by atoms with van der Waals surface area (Å²) in [4.78, 5) is 11.9. The third-order valence-corrected chi connectivity index (χ3v) is 3.66. The van der Waals surface area contributed by atoms with Crippen molar-refractivity contribution in [3.05, 3.63) is 64.7 Å². The topological polar surface area (TPSA) is 29.1 Å². The molecule has 0 aliphatic carbocycles. The van der Waals surface area contributed by atoms with E-state index in [9.17, 15) is 4.79 Å². The summed E-state index contributed by atoms with van der Waals surface area (Å²) in [6.07, 6.45) is 2.28. The monoisotopic (exact) mass is 287 g/mol. The Balaban J connectivity index is 1.82. The first-order valence-electron chi connectivity index (χ1n) is 6.75. The number of carbonyl (C=O) groups is 1. The zero-order valence-corrected chi connectivity index (χ0v) is 12.3. The molecule has 2 nitrogen and oxygen atoms in total. The number of aryl methyl sites for hydroxylation is 1. The molecule has 0 saturated heterocycles. The largest absolute Gasteiger partial charge is 0.326 e. The van der Waals surface area contributed by atoms with E-state index in [1.54, 1.807) is 0 Å². The Labute approximate surface area is 124 Å². The number of hydrogen-bond acceptors (Lipinski definition) is 1. The van der Waals surface area contributed by atoms with Gasteiger partial charge in [-0.15, -0.1) is 0 Å². The first kappa shape index (κ1) is 14.6. The number of anilines is 1. The molecule has 0 spiro atoms. The van der Waals surface area contributed by atoms with E-state index in [1.165, 1.54) is 5.56 Å². The van der Waals surface area contributed by atoms with Gasteiger partial charge >= 0.3 is 0 Å². The molecule has 0 saturated carbocycles. The number of rotatable bonds is 5. The summed E-state index contributed by atoms with van der Waals surface area (Å²) in [7, 11) is 0. The lowest BCUT2D eigenvalue weighted by Gasteiger charge is -2.09. The van der Waals surface area contributed by atoms with Crippen LogP contribution in [-0.4, -0.2) is 5.91 Å². The van der Waals surface area contributed by atoms with Crippen molar-refractivity contribution in [2.45, 2.75) is 26.2 Å². The molecule has 0 aromatic heterocycles. The average Bonchev–Trinajstić information content (AvgIpc) is 2.45. The number of benzene rings is 2. The summed E-state index contributed by atoms with van der Waals surface area (Å²) in [5.41, 5.74) is 2.96. The summed E-state index contributed by atoms with van der Waals surface area (Å²) in [6, 6.07) is 15.7. The molecular weight excluding hydrogens is 270 g/mol. The average molecular weight is 288 g/mol. The van der Waals surface area contributed by atoms with Crippen LogP contribution in [0.1, 0.15) is 24.0 Å². The van der Waals surface area contributed by atoms with E-state index in [-0.39, 0.29) is 5.91 Å². The molecule has 20 heavy (non-hydrogen) atoms. The van der Waals surface area contributed by atoms with Crippen molar-refractivity contribution in [2.75, 3.05) is 5.32 Å². The zero-order valence-electron chi connectivity index (χ0n) is 11.5. The number of hydrogen-bond donors (Lipinski definition) is 1. The molecule has 3 heteroatoms. The second-order valence-electron chi connectivity index (χ2n) is 4.80. The van der Waals surface area contributed by atoms with Crippen LogP contribution < -0.4 is 5.32 Å². The molecule has 104 valence electrons. The second kappa shape index (κ2) is 7.11. The van der Waals surface area contributed by atoms with Gasteiger partial charge in [0.1, 0.15) is 0 Å². The zero-order chi connectivity index (χ0) is 14.4. The van der Waals surface area contributed by atoms with Crippen LogP contribution in [0.3, 0.4) is 0 Å². The molecule has 2 aromatic carbocycles. The van der Waals surface area contributed by atoms with Gasteiger partial charge in [0, 0.05) is 17.1 Å². The van der Waals surface area contributed by atoms with E-state index in [0.29, 0.717) is 11.4 Å². The predicted molar refractivity (Wildman–Crippen MR) is 84.2 cm³/mol. The lowest BCUT2D eigenvalue weighted by molar-refractivity contribution is -0.116. The molecule has 2 aromatic rings. The molecule has 0 unspecified atom stereocenters. The second-order valence-corrected chi connectivity index (χ2v) is 5.21. The molecule has 0 aliphatic rings. The van der Waals surface area contributed by atoms with Gasteiger partial charge in [-0.05, 0) is 43.0 Å². The summed E-state index contributed by atoms with van der Waals surface area (Å²) in [5.74, 6) is 0.0336. The third-order valence-electron chi connectivity index (χ3n) is 3.25. The lowest BCUT2D eigenvalue weighted by atomic mass is 10.1. The predicted octanol–water partition coefficient (Wildman–Crippen LogP) is 4.61. The van der Waals surface area contributed by atoms with Gasteiger partial charge in [0.15, 0.2) is 0 Å². The van der Waals surface area contributed by atoms with E-state index in [1.807, 2.05) is 43.3 Å². The van der Waals surface area contributed by atoms with Crippen LogP contribution in [-0.2, 0) is 11.2 Å². The first-order valence-corrected chi connectivity index (χ1v) is 7.13. The maximum absolute atomic E-state index is 11.9. The van der Waals surface area contributed by atoms with Crippen molar-refractivity contribution in [2.24, 2.45) is 0 Å². The fourth-order valence-corrected chi connectivity index (χ4v) is 2.23. The summed E-state index contributed by atoms with van der Waals surface area (Å²) < 4.78 is 0. The Kier molecular flexibility index (Phi) is 5.19. The number of nitrogens with one attached hydrogen (secondary N) is 1. The maximum atomic E-state index is 11.9. The van der Waals surface area contributed by atoms with Gasteiger partial charge in [-0.3, -0.25) is 4.79 Å². The molecule has 0 bridgehead atoms. The SMILES string of the molecule is Cc1c(Cl)cccc1NC(=O)CCCc1ccccc1. The van der Waals surface area contributed by atoms with Crippen LogP contribution in [0.25, 0.3) is 0 Å². The van der Waals surface area contributed by atoms with Crippen molar-refractivity contribution in [1.82, 2.24) is 0 Å². The first-order chi connectivity index (χ1) is 9.66. The van der Waals surface area contributed by atoms with Gasteiger partial charge in [-0.1, -0.05) is 48.0 Å². The van der Waals surface area contributed by atoms with E-state index in [0.717, 1.165) is 24.1 Å². The van der Waals surface area contributed by atoms with Gasteiger partial charge in [-0.25, -0.2) is 0 Å². The van der Waals surface area contributed by atoms with Crippen LogP contribution >= 0.6 is 11.6 Å². The van der Waals surface area contributed by atoms with Crippen LogP contribution in [0.15, 0.2) is 48.5 Å². The fourth-order valence-electron chi connectivity index (χ4n) is 2.05. The molecule has 1 N–H and O–H groups in total. The highest BCUT2D eigenvalue weighted by atomic mass is 35.5. The van der Waals surface area contributed by atoms with Gasteiger partial charge in [0.25, 0.3) is 0 Å². The summed E-state index contributed by atoms with van der Waals surface area (Å²) in [6.45, 7) is 1.90. The van der Waals surface area contributed by atoms with Crippen LogP contribution in [0.4, 0.5) is 5.69 Å². The molecule has 0 atom stereocenters. The Morgan fingerprint density at radius 3 is 2.60 bits per heavy atom. The minimum atomic E-state index is 0.0336. The Hall–Kier alpha value is -1.80. The number of carbonyl (C=O) groups excluding carboxylic acids is 1. The van der Waals surface area contributed by atoms with Crippen molar-refractivity contribution in [3.63, 3.8) is 0 Å². The molecular formula is C17H18ClNO. The van der Waals surface area contributed by atoms with Crippen LogP contribution in [0.5, 0.6) is 0 Å². The highest BCUT2D eigenvalue weighted by Gasteiger charge is 2.06. The molecule has 0 radical (unpaired) electrons. The van der Waals surface area contributed by atoms with Gasteiger partial charge in [-0.2, -0.15) is 0 Å². The Morgan fingerprint density at radius 1 is 1.10 bits per heavy atom. The maximum Gasteiger partial charge on any atom is 0.224 e. The van der Waals surface area contributed by atoms with E-state index >= 15 is 0 Å². The van der Waals surface area contributed by atoms with E-state index in [4.69, 9.17) is 11.6 Å². The number of halogens is 1. The van der Waals surface area contributed by atoms with Gasteiger partial charge in [0.05, 0.1) is 0 Å². The highest BCUT2D eigenvalue weighted by Crippen LogP contribution is 2.23. The molecule has 2 rings (SSSR count). The normalized spacial score (nSPS) is 10.3. The summed E-state index contributed by atoms with van der Waals surface area (Å²) >= 11 is 6.03. The van der Waals surface area contributed by atoms with E-state index in [2.05, 4.69) is 17.4 Å². The smallest absolute Gasteiger partial charge is 0.224 e. The molecule has 0 heterocycles. The highest BCUT2D eigenvalue weighted by molar-refractivity contribution is 6.31. The molecule has 0 fully saturated rings. The Morgan fingerprint density at radius 2 is 1.85 bits per heavy atom. The van der Waals surface area contributed by atoms with Gasteiger partial charge < -0.3 is 5.32 Å². The minimum Gasteiger partial charge on any atom is -0.326 e. The summed E-state index contributed by atoms with van der Waals surface area (Å²) in [5, 5.41) is 3.59. The van der Waals surface area contributed by atoms with Crippen molar-refractivity contribution < 1.29 is 4.79 Å². The Bertz CT molecular complexity index is 581. The standard InChI is InChI=1S/C17H18ClNO/c1-13-15(18)10-6-11-16(13)19-17(20)12-5-9-14-7-3-2-4-8-14/h2-4,6-8,10-11H,5,9,12H2,1H3,(H,19,20).